The first-order valence-electron chi connectivity index (χ1n) is 5.71. The van der Waals surface area contributed by atoms with Crippen LogP contribution in [0.2, 0.25) is 0 Å². The number of hydrogen-bond acceptors (Lipinski definition) is 2. The topological polar surface area (TPSA) is 12.0 Å². The lowest BCUT2D eigenvalue weighted by Gasteiger charge is -2.19. The average molecular weight is 288 g/mol. The summed E-state index contributed by atoms with van der Waals surface area (Å²) in [6.07, 6.45) is 7.04. The minimum absolute atomic E-state index is 0.544. The molecule has 84 valence electrons. The Balaban J connectivity index is 2.00. The summed E-state index contributed by atoms with van der Waals surface area (Å²) >= 11 is 5.48. The highest BCUT2D eigenvalue weighted by molar-refractivity contribution is 9.10. The van der Waals surface area contributed by atoms with Gasteiger partial charge in [-0.05, 0) is 46.8 Å². The van der Waals surface area contributed by atoms with Crippen LogP contribution in [0.1, 0.15) is 43.0 Å². The minimum atomic E-state index is 0.544. The molecule has 1 aromatic rings. The summed E-state index contributed by atoms with van der Waals surface area (Å²) in [7, 11) is 2.08. The largest absolute Gasteiger partial charge is 0.312 e. The van der Waals surface area contributed by atoms with E-state index >= 15 is 0 Å². The third-order valence-corrected chi connectivity index (χ3v) is 5.34. The summed E-state index contributed by atoms with van der Waals surface area (Å²) in [5, 5.41) is 5.62. The van der Waals surface area contributed by atoms with Crippen molar-refractivity contribution < 1.29 is 0 Å². The van der Waals surface area contributed by atoms with Gasteiger partial charge in [-0.3, -0.25) is 0 Å². The van der Waals surface area contributed by atoms with Gasteiger partial charge >= 0.3 is 0 Å². The van der Waals surface area contributed by atoms with Gasteiger partial charge in [0, 0.05) is 15.4 Å². The highest BCUT2D eigenvalue weighted by Crippen LogP contribution is 2.37. The summed E-state index contributed by atoms with van der Waals surface area (Å²) in [5.74, 6) is 0.941. The fourth-order valence-electron chi connectivity index (χ4n) is 2.49. The second-order valence-corrected chi connectivity index (χ2v) is 6.16. The normalized spacial score (nSPS) is 19.6. The summed E-state index contributed by atoms with van der Waals surface area (Å²) in [5.41, 5.74) is 0. The van der Waals surface area contributed by atoms with Gasteiger partial charge in [-0.2, -0.15) is 0 Å². The zero-order chi connectivity index (χ0) is 10.7. The highest BCUT2D eigenvalue weighted by atomic mass is 79.9. The molecule has 1 aliphatic rings. The van der Waals surface area contributed by atoms with Gasteiger partial charge in [0.15, 0.2) is 0 Å². The lowest BCUT2D eigenvalue weighted by atomic mass is 9.97. The molecule has 1 atom stereocenters. The Labute approximate surface area is 104 Å². The van der Waals surface area contributed by atoms with Crippen LogP contribution in [0.3, 0.4) is 0 Å². The van der Waals surface area contributed by atoms with Crippen molar-refractivity contribution in [2.75, 3.05) is 7.05 Å². The molecule has 0 aromatic carbocycles. The number of hydrogen-bond donors (Lipinski definition) is 1. The highest BCUT2D eigenvalue weighted by Gasteiger charge is 2.22. The summed E-state index contributed by atoms with van der Waals surface area (Å²) in [6, 6.07) is 2.70. The second kappa shape index (κ2) is 5.46. The van der Waals surface area contributed by atoms with Crippen molar-refractivity contribution in [3.8, 4) is 0 Å². The third-order valence-electron chi connectivity index (χ3n) is 3.35. The first-order valence-corrected chi connectivity index (χ1v) is 7.38. The molecule has 0 aliphatic heterocycles. The molecule has 0 radical (unpaired) electrons. The molecule has 0 amide bonds. The van der Waals surface area contributed by atoms with Gasteiger partial charge in [-0.25, -0.2) is 0 Å². The van der Waals surface area contributed by atoms with Crippen LogP contribution in [-0.2, 0) is 0 Å². The molecule has 1 unspecified atom stereocenters. The van der Waals surface area contributed by atoms with Crippen LogP contribution in [0.4, 0.5) is 0 Å². The molecule has 1 N–H and O–H groups in total. The Hall–Kier alpha value is 0.140. The lowest BCUT2D eigenvalue weighted by Crippen LogP contribution is -2.18. The van der Waals surface area contributed by atoms with Gasteiger partial charge < -0.3 is 5.32 Å². The van der Waals surface area contributed by atoms with Gasteiger partial charge in [0.25, 0.3) is 0 Å². The van der Waals surface area contributed by atoms with E-state index in [1.54, 1.807) is 0 Å². The van der Waals surface area contributed by atoms with Crippen LogP contribution in [0.5, 0.6) is 0 Å². The monoisotopic (exact) mass is 287 g/mol. The van der Waals surface area contributed by atoms with E-state index in [0.717, 1.165) is 5.92 Å². The van der Waals surface area contributed by atoms with Crippen LogP contribution in [0, 0.1) is 5.92 Å². The number of halogens is 1. The molecule has 1 aliphatic carbocycles. The van der Waals surface area contributed by atoms with Crippen LogP contribution in [0.15, 0.2) is 15.9 Å². The van der Waals surface area contributed by atoms with Gasteiger partial charge in [0.2, 0.25) is 0 Å². The molecule has 1 heterocycles. The average Bonchev–Trinajstić information content (AvgIpc) is 2.85. The van der Waals surface area contributed by atoms with Crippen molar-refractivity contribution in [1.82, 2.24) is 5.32 Å². The Kier molecular flexibility index (Phi) is 4.23. The van der Waals surface area contributed by atoms with E-state index < -0.39 is 0 Å². The number of nitrogens with one attached hydrogen (secondary N) is 1. The molecule has 0 bridgehead atoms. The van der Waals surface area contributed by atoms with E-state index in [9.17, 15) is 0 Å². The molecule has 1 aromatic heterocycles. The molecule has 2 rings (SSSR count). The Morgan fingerprint density at radius 2 is 2.27 bits per heavy atom. The Morgan fingerprint density at radius 1 is 1.53 bits per heavy atom. The molecule has 15 heavy (non-hydrogen) atoms. The molecular formula is C12H18BrNS. The fraction of sp³-hybridized carbons (Fsp3) is 0.667. The molecule has 1 fully saturated rings. The van der Waals surface area contributed by atoms with Gasteiger partial charge in [0.05, 0.1) is 0 Å². The first kappa shape index (κ1) is 11.6. The molecule has 0 saturated heterocycles. The van der Waals surface area contributed by atoms with E-state index in [0.29, 0.717) is 6.04 Å². The maximum Gasteiger partial charge on any atom is 0.0426 e. The van der Waals surface area contributed by atoms with Crippen LogP contribution < -0.4 is 5.32 Å². The maximum absolute atomic E-state index is 3.63. The van der Waals surface area contributed by atoms with E-state index in [1.807, 2.05) is 11.3 Å². The van der Waals surface area contributed by atoms with Crippen molar-refractivity contribution in [3.05, 3.63) is 20.8 Å². The Morgan fingerprint density at radius 3 is 2.80 bits per heavy atom. The molecular weight excluding hydrogens is 270 g/mol. The maximum atomic E-state index is 3.63. The predicted molar refractivity (Wildman–Crippen MR) is 70.4 cm³/mol. The Bertz CT molecular complexity index is 304. The summed E-state index contributed by atoms with van der Waals surface area (Å²) in [6.45, 7) is 0. The van der Waals surface area contributed by atoms with Crippen molar-refractivity contribution in [2.45, 2.75) is 38.1 Å². The molecule has 1 nitrogen and oxygen atoms in total. The molecule has 0 spiro atoms. The molecule has 3 heteroatoms. The first-order chi connectivity index (χ1) is 7.31. The third kappa shape index (κ3) is 2.83. The smallest absolute Gasteiger partial charge is 0.0426 e. The molecule has 1 saturated carbocycles. The lowest BCUT2D eigenvalue weighted by molar-refractivity contribution is 0.416. The van der Waals surface area contributed by atoms with Crippen LogP contribution in [0.25, 0.3) is 0 Å². The second-order valence-electron chi connectivity index (χ2n) is 4.36. The van der Waals surface area contributed by atoms with Crippen LogP contribution >= 0.6 is 27.3 Å². The van der Waals surface area contributed by atoms with Crippen molar-refractivity contribution in [3.63, 3.8) is 0 Å². The summed E-state index contributed by atoms with van der Waals surface area (Å²) < 4.78 is 1.27. The van der Waals surface area contributed by atoms with Crippen molar-refractivity contribution >= 4 is 27.3 Å². The van der Waals surface area contributed by atoms with Gasteiger partial charge in [-0.15, -0.1) is 11.3 Å². The number of thiophene rings is 1. The van der Waals surface area contributed by atoms with E-state index in [-0.39, 0.29) is 0 Å². The van der Waals surface area contributed by atoms with Crippen molar-refractivity contribution in [1.29, 1.82) is 0 Å². The van der Waals surface area contributed by atoms with Crippen LogP contribution in [-0.4, -0.2) is 7.05 Å². The predicted octanol–water partition coefficient (Wildman–Crippen LogP) is 4.35. The SMILES string of the molecule is CNC(CC1CCCC1)c1sccc1Br. The number of rotatable bonds is 4. The fourth-order valence-corrected chi connectivity index (χ4v) is 4.26. The summed E-state index contributed by atoms with van der Waals surface area (Å²) in [4.78, 5) is 1.46. The van der Waals surface area contributed by atoms with Gasteiger partial charge in [0.1, 0.15) is 0 Å². The zero-order valence-corrected chi connectivity index (χ0v) is 11.5. The van der Waals surface area contributed by atoms with E-state index in [1.165, 1.54) is 41.5 Å². The zero-order valence-electron chi connectivity index (χ0n) is 9.13. The quantitative estimate of drug-likeness (QED) is 0.868. The van der Waals surface area contributed by atoms with Gasteiger partial charge in [-0.1, -0.05) is 25.7 Å². The van der Waals surface area contributed by atoms with E-state index in [4.69, 9.17) is 0 Å². The van der Waals surface area contributed by atoms with E-state index in [2.05, 4.69) is 39.7 Å². The standard InChI is InChI=1S/C12H18BrNS/c1-14-11(8-9-4-2-3-5-9)12-10(13)6-7-15-12/h6-7,9,11,14H,2-5,8H2,1H3. The van der Waals surface area contributed by atoms with Crippen molar-refractivity contribution in [2.24, 2.45) is 5.92 Å². The minimum Gasteiger partial charge on any atom is -0.312 e.